The number of hydrogen-bond acceptors (Lipinski definition) is 1. The molecule has 0 bridgehead atoms. The van der Waals surface area contributed by atoms with Gasteiger partial charge < -0.3 is 5.73 Å². The molecule has 1 nitrogen and oxygen atoms in total. The first-order chi connectivity index (χ1) is 10.9. The van der Waals surface area contributed by atoms with Gasteiger partial charge >= 0.3 is 0 Å². The fraction of sp³-hybridized carbons (Fsp3) is 0.182. The number of hydrogen-bond donors (Lipinski definition) is 1. The molecule has 0 saturated carbocycles. The molecule has 0 aromatic heterocycles. The van der Waals surface area contributed by atoms with Crippen LogP contribution in [-0.4, -0.2) is 0 Å². The van der Waals surface area contributed by atoms with E-state index in [1.807, 2.05) is 6.07 Å². The number of benzene rings is 3. The largest absolute Gasteiger partial charge is 0.398 e. The lowest BCUT2D eigenvalue weighted by Crippen LogP contribution is -1.92. The standard InChI is InChI=1S/C22H23N/c1-14-7-15(2)10-19(9-14)18-5-6-22(23)21(13-18)20-11-16(3)8-17(4)12-20/h5-13H,23H2,1-4H3. The monoisotopic (exact) mass is 301 g/mol. The third-order valence-electron chi connectivity index (χ3n) is 4.14. The lowest BCUT2D eigenvalue weighted by Gasteiger charge is -2.12. The maximum atomic E-state index is 6.26. The van der Waals surface area contributed by atoms with Crippen LogP contribution in [0.1, 0.15) is 22.3 Å². The first-order valence-electron chi connectivity index (χ1n) is 7.99. The van der Waals surface area contributed by atoms with Gasteiger partial charge in [-0.15, -0.1) is 0 Å². The Kier molecular flexibility index (Phi) is 3.96. The molecule has 0 aliphatic carbocycles. The first kappa shape index (κ1) is 15.4. The molecule has 3 aromatic rings. The maximum absolute atomic E-state index is 6.26. The number of aryl methyl sites for hydroxylation is 4. The molecule has 0 spiro atoms. The third kappa shape index (κ3) is 3.29. The predicted molar refractivity (Wildman–Crippen MR) is 101 cm³/mol. The molecule has 0 aliphatic rings. The van der Waals surface area contributed by atoms with Crippen molar-refractivity contribution in [2.45, 2.75) is 27.7 Å². The Bertz CT molecular complexity index is 835. The molecule has 0 heterocycles. The zero-order valence-electron chi connectivity index (χ0n) is 14.3. The molecule has 0 unspecified atom stereocenters. The van der Waals surface area contributed by atoms with E-state index < -0.39 is 0 Å². The van der Waals surface area contributed by atoms with Crippen LogP contribution in [-0.2, 0) is 0 Å². The van der Waals surface area contributed by atoms with Gasteiger partial charge in [-0.25, -0.2) is 0 Å². The van der Waals surface area contributed by atoms with Gasteiger partial charge in [-0.05, 0) is 56.5 Å². The van der Waals surface area contributed by atoms with Crippen molar-refractivity contribution in [3.05, 3.63) is 76.9 Å². The van der Waals surface area contributed by atoms with E-state index in [-0.39, 0.29) is 0 Å². The van der Waals surface area contributed by atoms with Crippen molar-refractivity contribution in [3.63, 3.8) is 0 Å². The quantitative estimate of drug-likeness (QED) is 0.591. The topological polar surface area (TPSA) is 26.0 Å². The minimum absolute atomic E-state index is 0.822. The number of nitrogens with two attached hydrogens (primary N) is 1. The van der Waals surface area contributed by atoms with Crippen LogP contribution in [0.4, 0.5) is 5.69 Å². The number of rotatable bonds is 2. The summed E-state index contributed by atoms with van der Waals surface area (Å²) in [6.45, 7) is 8.53. The van der Waals surface area contributed by atoms with Crippen molar-refractivity contribution in [1.82, 2.24) is 0 Å². The summed E-state index contributed by atoms with van der Waals surface area (Å²) in [5.41, 5.74) is 16.9. The second kappa shape index (κ2) is 5.92. The Morgan fingerprint density at radius 2 is 1.00 bits per heavy atom. The van der Waals surface area contributed by atoms with Crippen LogP contribution >= 0.6 is 0 Å². The smallest absolute Gasteiger partial charge is 0.0394 e. The molecule has 0 radical (unpaired) electrons. The first-order valence-corrected chi connectivity index (χ1v) is 7.99. The van der Waals surface area contributed by atoms with E-state index >= 15 is 0 Å². The molecular weight excluding hydrogens is 278 g/mol. The van der Waals surface area contributed by atoms with Gasteiger partial charge in [0, 0.05) is 11.3 Å². The summed E-state index contributed by atoms with van der Waals surface area (Å²) in [5, 5.41) is 0. The highest BCUT2D eigenvalue weighted by atomic mass is 14.6. The summed E-state index contributed by atoms with van der Waals surface area (Å²) in [4.78, 5) is 0. The van der Waals surface area contributed by atoms with Gasteiger partial charge in [0.15, 0.2) is 0 Å². The Hall–Kier alpha value is -2.54. The fourth-order valence-corrected chi connectivity index (χ4v) is 3.26. The van der Waals surface area contributed by atoms with Gasteiger partial charge in [0.05, 0.1) is 0 Å². The van der Waals surface area contributed by atoms with Gasteiger partial charge in [-0.1, -0.05) is 64.7 Å². The second-order valence-electron chi connectivity index (χ2n) is 6.55. The highest BCUT2D eigenvalue weighted by Gasteiger charge is 2.08. The molecule has 23 heavy (non-hydrogen) atoms. The normalized spacial score (nSPS) is 10.8. The lowest BCUT2D eigenvalue weighted by atomic mass is 9.94. The zero-order chi connectivity index (χ0) is 16.6. The van der Waals surface area contributed by atoms with Gasteiger partial charge in [0.2, 0.25) is 0 Å². The van der Waals surface area contributed by atoms with Crippen LogP contribution in [0.3, 0.4) is 0 Å². The van der Waals surface area contributed by atoms with E-state index in [1.165, 1.54) is 38.9 Å². The fourth-order valence-electron chi connectivity index (χ4n) is 3.26. The summed E-state index contributed by atoms with van der Waals surface area (Å²) in [5.74, 6) is 0. The SMILES string of the molecule is Cc1cc(C)cc(-c2ccc(N)c(-c3cc(C)cc(C)c3)c2)c1. The van der Waals surface area contributed by atoms with E-state index in [2.05, 4.69) is 76.2 Å². The van der Waals surface area contributed by atoms with Crippen molar-refractivity contribution >= 4 is 5.69 Å². The maximum Gasteiger partial charge on any atom is 0.0394 e. The molecule has 0 atom stereocenters. The number of anilines is 1. The molecule has 0 aliphatic heterocycles. The van der Waals surface area contributed by atoms with Crippen molar-refractivity contribution in [3.8, 4) is 22.3 Å². The minimum Gasteiger partial charge on any atom is -0.398 e. The summed E-state index contributed by atoms with van der Waals surface area (Å²) in [6.07, 6.45) is 0. The molecule has 0 fully saturated rings. The Morgan fingerprint density at radius 1 is 0.522 bits per heavy atom. The van der Waals surface area contributed by atoms with Gasteiger partial charge in [-0.3, -0.25) is 0 Å². The van der Waals surface area contributed by atoms with Gasteiger partial charge in [0.1, 0.15) is 0 Å². The lowest BCUT2D eigenvalue weighted by molar-refractivity contribution is 1.38. The van der Waals surface area contributed by atoms with E-state index in [4.69, 9.17) is 5.73 Å². The van der Waals surface area contributed by atoms with Crippen LogP contribution in [0.5, 0.6) is 0 Å². The van der Waals surface area contributed by atoms with Crippen molar-refractivity contribution in [2.75, 3.05) is 5.73 Å². The van der Waals surface area contributed by atoms with Crippen LogP contribution in [0.25, 0.3) is 22.3 Å². The van der Waals surface area contributed by atoms with Crippen LogP contribution in [0.2, 0.25) is 0 Å². The highest BCUT2D eigenvalue weighted by molar-refractivity contribution is 5.82. The molecule has 1 heteroatoms. The number of nitrogen functional groups attached to an aromatic ring is 1. The second-order valence-corrected chi connectivity index (χ2v) is 6.55. The van der Waals surface area contributed by atoms with Crippen molar-refractivity contribution in [1.29, 1.82) is 0 Å². The summed E-state index contributed by atoms with van der Waals surface area (Å²) in [7, 11) is 0. The summed E-state index contributed by atoms with van der Waals surface area (Å²) >= 11 is 0. The zero-order valence-corrected chi connectivity index (χ0v) is 14.3. The van der Waals surface area contributed by atoms with Crippen LogP contribution < -0.4 is 5.73 Å². The van der Waals surface area contributed by atoms with E-state index in [1.54, 1.807) is 0 Å². The van der Waals surface area contributed by atoms with Crippen LogP contribution in [0, 0.1) is 27.7 Å². The third-order valence-corrected chi connectivity index (χ3v) is 4.14. The Morgan fingerprint density at radius 3 is 1.52 bits per heavy atom. The summed E-state index contributed by atoms with van der Waals surface area (Å²) < 4.78 is 0. The molecule has 3 aromatic carbocycles. The van der Waals surface area contributed by atoms with E-state index in [9.17, 15) is 0 Å². The minimum atomic E-state index is 0.822. The molecule has 0 amide bonds. The van der Waals surface area contributed by atoms with E-state index in [0.717, 1.165) is 11.3 Å². The molecule has 0 saturated heterocycles. The molecule has 2 N–H and O–H groups in total. The van der Waals surface area contributed by atoms with Crippen molar-refractivity contribution < 1.29 is 0 Å². The van der Waals surface area contributed by atoms with Crippen LogP contribution in [0.15, 0.2) is 54.6 Å². The molecular formula is C22H23N. The summed E-state index contributed by atoms with van der Waals surface area (Å²) in [6, 6.07) is 19.6. The molecule has 116 valence electrons. The van der Waals surface area contributed by atoms with E-state index in [0.29, 0.717) is 0 Å². The Labute approximate surface area is 138 Å². The van der Waals surface area contributed by atoms with Gasteiger partial charge in [-0.2, -0.15) is 0 Å². The predicted octanol–water partition coefficient (Wildman–Crippen LogP) is 5.84. The van der Waals surface area contributed by atoms with Gasteiger partial charge in [0.25, 0.3) is 0 Å². The molecule has 3 rings (SSSR count). The average molecular weight is 301 g/mol. The highest BCUT2D eigenvalue weighted by Crippen LogP contribution is 2.33. The average Bonchev–Trinajstić information content (AvgIpc) is 2.45. The van der Waals surface area contributed by atoms with Crippen molar-refractivity contribution in [2.24, 2.45) is 0 Å². The Balaban J connectivity index is 2.16.